The van der Waals surface area contributed by atoms with Crippen molar-refractivity contribution in [2.75, 3.05) is 5.32 Å². The molecule has 0 saturated heterocycles. The number of carbonyl (C=O) groups excluding carboxylic acids is 1. The van der Waals surface area contributed by atoms with E-state index in [4.69, 9.17) is 0 Å². The molecule has 22 heavy (non-hydrogen) atoms. The van der Waals surface area contributed by atoms with Crippen molar-refractivity contribution in [3.63, 3.8) is 0 Å². The van der Waals surface area contributed by atoms with Gasteiger partial charge in [0, 0.05) is 17.3 Å². The minimum Gasteiger partial charge on any atom is -0.342 e. The number of carbonyl (C=O) groups is 1. The van der Waals surface area contributed by atoms with Gasteiger partial charge < -0.3 is 9.88 Å². The highest BCUT2D eigenvalue weighted by atomic mass is 32.1. The van der Waals surface area contributed by atoms with Crippen LogP contribution in [0, 0.1) is 5.92 Å². The summed E-state index contributed by atoms with van der Waals surface area (Å²) in [7, 11) is 0. The number of aryl methyl sites for hydroxylation is 2. The molecular formula is C17H23N3OS. The van der Waals surface area contributed by atoms with E-state index in [1.165, 1.54) is 23.4 Å². The average molecular weight is 317 g/mol. The normalized spacial score (nSPS) is 15.6. The molecule has 2 heterocycles. The third-order valence-electron chi connectivity index (χ3n) is 4.06. The lowest BCUT2D eigenvalue weighted by atomic mass is 10.0. The standard InChI is InChI=1S/C17H23N3OS/c1-12(2)11-14(20-9-5-6-10-20)16(21)19-17-18-13-7-3-4-8-15(13)22-17/h5-6,9-10,12,14H,3-4,7-8,11H2,1-2H3,(H,18,19,21)/t14-/m0/s1. The van der Waals surface area contributed by atoms with Gasteiger partial charge in [-0.25, -0.2) is 4.98 Å². The van der Waals surface area contributed by atoms with E-state index < -0.39 is 0 Å². The Kier molecular flexibility index (Phi) is 4.62. The first-order valence-corrected chi connectivity index (χ1v) is 8.87. The number of thiazole rings is 1. The predicted molar refractivity (Wildman–Crippen MR) is 90.3 cm³/mol. The molecule has 1 aliphatic rings. The fraction of sp³-hybridized carbons (Fsp3) is 0.529. The molecule has 2 aromatic heterocycles. The van der Waals surface area contributed by atoms with E-state index in [0.717, 1.165) is 24.4 Å². The lowest BCUT2D eigenvalue weighted by Crippen LogP contribution is -2.26. The van der Waals surface area contributed by atoms with E-state index in [-0.39, 0.29) is 11.9 Å². The summed E-state index contributed by atoms with van der Waals surface area (Å²) in [6.45, 7) is 4.29. The summed E-state index contributed by atoms with van der Waals surface area (Å²) in [6.07, 6.45) is 9.35. The van der Waals surface area contributed by atoms with Crippen LogP contribution < -0.4 is 5.32 Å². The second-order valence-corrected chi connectivity index (χ2v) is 7.44. The van der Waals surface area contributed by atoms with Crippen LogP contribution in [0.1, 0.15) is 49.7 Å². The Bertz CT molecular complexity index is 607. The van der Waals surface area contributed by atoms with Gasteiger partial charge in [-0.2, -0.15) is 0 Å². The Balaban J connectivity index is 1.74. The Hall–Kier alpha value is -1.62. The first-order chi connectivity index (χ1) is 10.6. The van der Waals surface area contributed by atoms with Gasteiger partial charge in [0.25, 0.3) is 0 Å². The Labute approximate surface area is 135 Å². The summed E-state index contributed by atoms with van der Waals surface area (Å²) in [6, 6.07) is 3.75. The monoisotopic (exact) mass is 317 g/mol. The second kappa shape index (κ2) is 6.65. The van der Waals surface area contributed by atoms with Crippen LogP contribution in [0.15, 0.2) is 24.5 Å². The maximum Gasteiger partial charge on any atom is 0.249 e. The van der Waals surface area contributed by atoms with Gasteiger partial charge in [0.15, 0.2) is 5.13 Å². The third-order valence-corrected chi connectivity index (χ3v) is 5.13. The van der Waals surface area contributed by atoms with Crippen molar-refractivity contribution in [2.24, 2.45) is 5.92 Å². The smallest absolute Gasteiger partial charge is 0.249 e. The number of hydrogen-bond donors (Lipinski definition) is 1. The quantitative estimate of drug-likeness (QED) is 0.904. The van der Waals surface area contributed by atoms with Gasteiger partial charge in [0.2, 0.25) is 5.91 Å². The second-order valence-electron chi connectivity index (χ2n) is 6.36. The highest BCUT2D eigenvalue weighted by Gasteiger charge is 2.23. The Morgan fingerprint density at radius 2 is 2.05 bits per heavy atom. The molecule has 0 spiro atoms. The highest BCUT2D eigenvalue weighted by Crippen LogP contribution is 2.30. The molecule has 0 unspecified atom stereocenters. The van der Waals surface area contributed by atoms with Gasteiger partial charge in [0.05, 0.1) is 5.69 Å². The van der Waals surface area contributed by atoms with Crippen molar-refractivity contribution in [3.8, 4) is 0 Å². The van der Waals surface area contributed by atoms with Gasteiger partial charge in [-0.1, -0.05) is 13.8 Å². The molecule has 0 saturated carbocycles. The first-order valence-electron chi connectivity index (χ1n) is 8.05. The molecule has 5 heteroatoms. The third kappa shape index (κ3) is 3.40. The zero-order valence-electron chi connectivity index (χ0n) is 13.2. The van der Waals surface area contributed by atoms with Crippen molar-refractivity contribution in [1.82, 2.24) is 9.55 Å². The summed E-state index contributed by atoms with van der Waals surface area (Å²) >= 11 is 1.64. The molecule has 1 aliphatic carbocycles. The zero-order chi connectivity index (χ0) is 15.5. The van der Waals surface area contributed by atoms with Crippen LogP contribution in [0.3, 0.4) is 0 Å². The molecular weight excluding hydrogens is 294 g/mol. The van der Waals surface area contributed by atoms with Crippen molar-refractivity contribution >= 4 is 22.4 Å². The largest absolute Gasteiger partial charge is 0.342 e. The van der Waals surface area contributed by atoms with E-state index >= 15 is 0 Å². The fourth-order valence-electron chi connectivity index (χ4n) is 2.96. The Morgan fingerprint density at radius 3 is 2.73 bits per heavy atom. The number of nitrogens with zero attached hydrogens (tertiary/aromatic N) is 2. The van der Waals surface area contributed by atoms with Crippen LogP contribution in [0.25, 0.3) is 0 Å². The minimum atomic E-state index is -0.170. The van der Waals surface area contributed by atoms with E-state index in [1.54, 1.807) is 11.3 Å². The van der Waals surface area contributed by atoms with Crippen molar-refractivity contribution in [3.05, 3.63) is 35.1 Å². The topological polar surface area (TPSA) is 46.9 Å². The molecule has 3 rings (SSSR count). The maximum absolute atomic E-state index is 12.7. The molecule has 0 aliphatic heterocycles. The van der Waals surface area contributed by atoms with Gasteiger partial charge in [-0.05, 0) is 50.2 Å². The van der Waals surface area contributed by atoms with Crippen LogP contribution in [-0.4, -0.2) is 15.5 Å². The summed E-state index contributed by atoms with van der Waals surface area (Å²) in [5.74, 6) is 0.499. The Morgan fingerprint density at radius 1 is 1.32 bits per heavy atom. The van der Waals surface area contributed by atoms with Crippen molar-refractivity contribution < 1.29 is 4.79 Å². The van der Waals surface area contributed by atoms with E-state index in [1.807, 2.05) is 29.1 Å². The number of rotatable bonds is 5. The number of fused-ring (bicyclic) bond motifs is 1. The van der Waals surface area contributed by atoms with Crippen LogP contribution >= 0.6 is 11.3 Å². The number of amides is 1. The van der Waals surface area contributed by atoms with Crippen LogP contribution in [0.5, 0.6) is 0 Å². The molecule has 2 aromatic rings. The number of anilines is 1. The lowest BCUT2D eigenvalue weighted by Gasteiger charge is -2.19. The van der Waals surface area contributed by atoms with Gasteiger partial charge in [0.1, 0.15) is 6.04 Å². The minimum absolute atomic E-state index is 0.0380. The summed E-state index contributed by atoms with van der Waals surface area (Å²) in [5, 5.41) is 3.80. The predicted octanol–water partition coefficient (Wildman–Crippen LogP) is 4.05. The van der Waals surface area contributed by atoms with Gasteiger partial charge in [-0.15, -0.1) is 11.3 Å². The average Bonchev–Trinajstić information content (AvgIpc) is 3.13. The van der Waals surface area contributed by atoms with Crippen LogP contribution in [0.2, 0.25) is 0 Å². The van der Waals surface area contributed by atoms with Crippen LogP contribution in [0.4, 0.5) is 5.13 Å². The highest BCUT2D eigenvalue weighted by molar-refractivity contribution is 7.15. The van der Waals surface area contributed by atoms with E-state index in [2.05, 4.69) is 24.1 Å². The number of hydrogen-bond acceptors (Lipinski definition) is 3. The van der Waals surface area contributed by atoms with E-state index in [9.17, 15) is 4.79 Å². The molecule has 0 bridgehead atoms. The summed E-state index contributed by atoms with van der Waals surface area (Å²) in [5.41, 5.74) is 1.19. The molecule has 118 valence electrons. The zero-order valence-corrected chi connectivity index (χ0v) is 14.0. The number of aromatic nitrogens is 2. The van der Waals surface area contributed by atoms with Gasteiger partial charge >= 0.3 is 0 Å². The molecule has 1 amide bonds. The van der Waals surface area contributed by atoms with Crippen molar-refractivity contribution in [1.29, 1.82) is 0 Å². The molecule has 0 radical (unpaired) electrons. The van der Waals surface area contributed by atoms with Gasteiger partial charge in [-0.3, -0.25) is 4.79 Å². The summed E-state index contributed by atoms with van der Waals surface area (Å²) < 4.78 is 1.99. The fourth-order valence-corrected chi connectivity index (χ4v) is 4.01. The number of nitrogens with one attached hydrogen (secondary N) is 1. The molecule has 1 atom stereocenters. The SMILES string of the molecule is CC(C)C[C@@H](C(=O)Nc1nc2c(s1)CCCC2)n1cccc1. The molecule has 0 fully saturated rings. The maximum atomic E-state index is 12.7. The van der Waals surface area contributed by atoms with E-state index in [0.29, 0.717) is 5.92 Å². The molecule has 4 nitrogen and oxygen atoms in total. The van der Waals surface area contributed by atoms with Crippen molar-refractivity contribution in [2.45, 2.75) is 52.0 Å². The summed E-state index contributed by atoms with van der Waals surface area (Å²) in [4.78, 5) is 18.7. The first kappa shape index (κ1) is 15.3. The van der Waals surface area contributed by atoms with Crippen LogP contribution in [-0.2, 0) is 17.6 Å². The lowest BCUT2D eigenvalue weighted by molar-refractivity contribution is -0.119. The molecule has 1 N–H and O–H groups in total. The molecule has 0 aromatic carbocycles.